The van der Waals surface area contributed by atoms with Gasteiger partial charge < -0.3 is 5.73 Å². The van der Waals surface area contributed by atoms with Crippen molar-refractivity contribution in [1.82, 2.24) is 4.90 Å². The van der Waals surface area contributed by atoms with E-state index >= 15 is 0 Å². The van der Waals surface area contributed by atoms with Crippen LogP contribution < -0.4 is 5.73 Å². The minimum absolute atomic E-state index is 0.207. The van der Waals surface area contributed by atoms with E-state index in [1.54, 1.807) is 6.92 Å². The minimum atomic E-state index is -4.13. The predicted molar refractivity (Wildman–Crippen MR) is 46.4 cm³/mol. The highest BCUT2D eigenvalue weighted by atomic mass is 19.4. The molecular weight excluding hydrogens is 181 g/mol. The van der Waals surface area contributed by atoms with Crippen LogP contribution >= 0.6 is 0 Å². The molecule has 1 atom stereocenters. The second kappa shape index (κ2) is 5.44. The number of rotatable bonds is 5. The molecule has 0 heterocycles. The van der Waals surface area contributed by atoms with Crippen molar-refractivity contribution in [3.8, 4) is 0 Å². The van der Waals surface area contributed by atoms with Crippen molar-refractivity contribution in [3.05, 3.63) is 0 Å². The number of alkyl halides is 3. The molecule has 0 bridgehead atoms. The summed E-state index contributed by atoms with van der Waals surface area (Å²) in [5, 5.41) is 0. The third-order valence-electron chi connectivity index (χ3n) is 1.86. The lowest BCUT2D eigenvalue weighted by molar-refractivity contribution is -0.149. The van der Waals surface area contributed by atoms with E-state index in [1.165, 1.54) is 4.90 Å². The molecule has 0 aliphatic heterocycles. The third kappa shape index (κ3) is 5.87. The quantitative estimate of drug-likeness (QED) is 0.727. The first-order valence-corrected chi connectivity index (χ1v) is 4.41. The first kappa shape index (κ1) is 12.7. The van der Waals surface area contributed by atoms with Crippen molar-refractivity contribution in [2.24, 2.45) is 5.73 Å². The van der Waals surface area contributed by atoms with Crippen LogP contribution in [0.15, 0.2) is 0 Å². The Labute approximate surface area is 76.9 Å². The van der Waals surface area contributed by atoms with Crippen LogP contribution in [0.4, 0.5) is 13.2 Å². The van der Waals surface area contributed by atoms with E-state index in [9.17, 15) is 13.2 Å². The monoisotopic (exact) mass is 198 g/mol. The summed E-state index contributed by atoms with van der Waals surface area (Å²) in [6.45, 7) is 3.40. The summed E-state index contributed by atoms with van der Waals surface area (Å²) in [6, 6.07) is -0.207. The van der Waals surface area contributed by atoms with E-state index in [0.29, 0.717) is 13.0 Å². The van der Waals surface area contributed by atoms with Crippen LogP contribution in [0, 0.1) is 0 Å². The average molecular weight is 198 g/mol. The molecule has 0 fully saturated rings. The van der Waals surface area contributed by atoms with E-state index in [1.807, 2.05) is 6.92 Å². The second-order valence-corrected chi connectivity index (χ2v) is 3.17. The lowest BCUT2D eigenvalue weighted by Gasteiger charge is -2.28. The molecule has 1 unspecified atom stereocenters. The zero-order valence-corrected chi connectivity index (χ0v) is 8.06. The zero-order chi connectivity index (χ0) is 10.5. The molecule has 2 N–H and O–H groups in total. The lowest BCUT2D eigenvalue weighted by Crippen LogP contribution is -2.44. The molecule has 0 aromatic carbocycles. The summed E-state index contributed by atoms with van der Waals surface area (Å²) in [6.07, 6.45) is -3.42. The molecule has 0 saturated heterocycles. The van der Waals surface area contributed by atoms with Gasteiger partial charge in [0.1, 0.15) is 0 Å². The molecule has 80 valence electrons. The first-order valence-electron chi connectivity index (χ1n) is 4.41. The first-order chi connectivity index (χ1) is 5.90. The summed E-state index contributed by atoms with van der Waals surface area (Å²) in [5.41, 5.74) is 5.31. The van der Waals surface area contributed by atoms with Crippen molar-refractivity contribution in [3.63, 3.8) is 0 Å². The zero-order valence-electron chi connectivity index (χ0n) is 8.06. The standard InChI is InChI=1S/C8H17F3N2/c1-3-4-13(7(2)5-12)6-8(9,10)11/h7H,3-6,12H2,1-2H3. The predicted octanol–water partition coefficient (Wildman–Crippen LogP) is 1.61. The fourth-order valence-electron chi connectivity index (χ4n) is 1.12. The van der Waals surface area contributed by atoms with Crippen molar-refractivity contribution >= 4 is 0 Å². The molecule has 0 aromatic heterocycles. The van der Waals surface area contributed by atoms with E-state index in [-0.39, 0.29) is 12.6 Å². The Morgan fingerprint density at radius 3 is 2.23 bits per heavy atom. The van der Waals surface area contributed by atoms with Crippen LogP contribution in [-0.4, -0.2) is 36.8 Å². The second-order valence-electron chi connectivity index (χ2n) is 3.17. The highest BCUT2D eigenvalue weighted by molar-refractivity contribution is 4.70. The fourth-order valence-corrected chi connectivity index (χ4v) is 1.12. The van der Waals surface area contributed by atoms with Crippen molar-refractivity contribution < 1.29 is 13.2 Å². The van der Waals surface area contributed by atoms with Gasteiger partial charge in [0.05, 0.1) is 6.54 Å². The SMILES string of the molecule is CCCN(CC(F)(F)F)C(C)CN. The Morgan fingerprint density at radius 1 is 1.38 bits per heavy atom. The van der Waals surface area contributed by atoms with Gasteiger partial charge in [0.2, 0.25) is 0 Å². The van der Waals surface area contributed by atoms with Crippen LogP contribution in [0.1, 0.15) is 20.3 Å². The number of hydrogen-bond donors (Lipinski definition) is 1. The van der Waals surface area contributed by atoms with Crippen molar-refractivity contribution in [2.75, 3.05) is 19.6 Å². The van der Waals surface area contributed by atoms with Crippen LogP contribution in [-0.2, 0) is 0 Å². The maximum atomic E-state index is 12.0. The number of hydrogen-bond acceptors (Lipinski definition) is 2. The Morgan fingerprint density at radius 2 is 1.92 bits per heavy atom. The summed E-state index contributed by atoms with van der Waals surface area (Å²) >= 11 is 0. The molecule has 0 saturated carbocycles. The summed E-state index contributed by atoms with van der Waals surface area (Å²) in [5.74, 6) is 0. The Hall–Kier alpha value is -0.290. The van der Waals surface area contributed by atoms with Gasteiger partial charge in [0.15, 0.2) is 0 Å². The topological polar surface area (TPSA) is 29.3 Å². The Kier molecular flexibility index (Phi) is 5.32. The molecule has 0 spiro atoms. The fraction of sp³-hybridized carbons (Fsp3) is 1.00. The Balaban J connectivity index is 4.09. The number of halogens is 3. The molecule has 0 radical (unpaired) electrons. The van der Waals surface area contributed by atoms with E-state index in [4.69, 9.17) is 5.73 Å². The van der Waals surface area contributed by atoms with Gasteiger partial charge in [-0.15, -0.1) is 0 Å². The van der Waals surface area contributed by atoms with Crippen LogP contribution in [0.25, 0.3) is 0 Å². The van der Waals surface area contributed by atoms with Crippen molar-refractivity contribution in [1.29, 1.82) is 0 Å². The highest BCUT2D eigenvalue weighted by Crippen LogP contribution is 2.17. The molecule has 0 rings (SSSR count). The maximum Gasteiger partial charge on any atom is 0.401 e. The van der Waals surface area contributed by atoms with Gasteiger partial charge in [-0.1, -0.05) is 6.92 Å². The largest absolute Gasteiger partial charge is 0.401 e. The van der Waals surface area contributed by atoms with Gasteiger partial charge in [-0.25, -0.2) is 0 Å². The third-order valence-corrected chi connectivity index (χ3v) is 1.86. The lowest BCUT2D eigenvalue weighted by atomic mass is 10.2. The summed E-state index contributed by atoms with van der Waals surface area (Å²) in [7, 11) is 0. The van der Waals surface area contributed by atoms with Crippen LogP contribution in [0.5, 0.6) is 0 Å². The molecule has 2 nitrogen and oxygen atoms in total. The number of nitrogens with zero attached hydrogens (tertiary/aromatic N) is 1. The van der Waals surface area contributed by atoms with Gasteiger partial charge >= 0.3 is 6.18 Å². The molecular formula is C8H17F3N2. The molecule has 0 amide bonds. The van der Waals surface area contributed by atoms with E-state index < -0.39 is 12.7 Å². The van der Waals surface area contributed by atoms with Gasteiger partial charge in [-0.05, 0) is 19.9 Å². The van der Waals surface area contributed by atoms with Gasteiger partial charge in [0, 0.05) is 12.6 Å². The van der Waals surface area contributed by atoms with Crippen molar-refractivity contribution in [2.45, 2.75) is 32.5 Å². The molecule has 5 heteroatoms. The van der Waals surface area contributed by atoms with E-state index in [0.717, 1.165) is 0 Å². The van der Waals surface area contributed by atoms with Crippen LogP contribution in [0.3, 0.4) is 0 Å². The van der Waals surface area contributed by atoms with Gasteiger partial charge in [-0.3, -0.25) is 4.90 Å². The molecule has 0 aliphatic rings. The highest BCUT2D eigenvalue weighted by Gasteiger charge is 2.31. The van der Waals surface area contributed by atoms with E-state index in [2.05, 4.69) is 0 Å². The average Bonchev–Trinajstić information content (AvgIpc) is 2.00. The van der Waals surface area contributed by atoms with Crippen LogP contribution in [0.2, 0.25) is 0 Å². The Bertz CT molecular complexity index is 136. The summed E-state index contributed by atoms with van der Waals surface area (Å²) < 4.78 is 36.1. The molecule has 13 heavy (non-hydrogen) atoms. The maximum absolute atomic E-state index is 12.0. The summed E-state index contributed by atoms with van der Waals surface area (Å²) in [4.78, 5) is 1.36. The molecule has 0 aromatic rings. The van der Waals surface area contributed by atoms with Gasteiger partial charge in [0.25, 0.3) is 0 Å². The normalized spacial score (nSPS) is 15.0. The number of nitrogens with two attached hydrogens (primary N) is 1. The smallest absolute Gasteiger partial charge is 0.329 e. The van der Waals surface area contributed by atoms with Gasteiger partial charge in [-0.2, -0.15) is 13.2 Å². The minimum Gasteiger partial charge on any atom is -0.329 e. The molecule has 0 aliphatic carbocycles.